The first kappa shape index (κ1) is 11.5. The van der Waals surface area contributed by atoms with Crippen molar-refractivity contribution in [2.45, 2.75) is 26.3 Å². The lowest BCUT2D eigenvalue weighted by molar-refractivity contribution is -0.141. The Balaban J connectivity index is 2.95. The zero-order valence-electron chi connectivity index (χ0n) is 8.97. The number of benzene rings is 1. The molecule has 0 saturated heterocycles. The SMILES string of the molecule is Cc1ccc(NC(C)(C)C(=O)O)c(F)c1. The molecular formula is C11H14FNO2. The molecule has 0 bridgehead atoms. The van der Waals surface area contributed by atoms with Gasteiger partial charge in [0.1, 0.15) is 11.4 Å². The predicted octanol–water partition coefficient (Wildman–Crippen LogP) is 2.41. The molecule has 0 aliphatic carbocycles. The Bertz CT molecular complexity index is 388. The van der Waals surface area contributed by atoms with E-state index in [1.807, 2.05) is 0 Å². The lowest BCUT2D eigenvalue weighted by Crippen LogP contribution is -2.40. The second-order valence-electron chi connectivity index (χ2n) is 4.04. The largest absolute Gasteiger partial charge is 0.480 e. The van der Waals surface area contributed by atoms with Gasteiger partial charge in [-0.15, -0.1) is 0 Å². The number of aliphatic carboxylic acids is 1. The molecule has 4 heteroatoms. The minimum Gasteiger partial charge on any atom is -0.480 e. The van der Waals surface area contributed by atoms with E-state index in [4.69, 9.17) is 5.11 Å². The van der Waals surface area contributed by atoms with E-state index in [2.05, 4.69) is 5.32 Å². The van der Waals surface area contributed by atoms with Gasteiger partial charge in [-0.1, -0.05) is 6.07 Å². The molecule has 0 fully saturated rings. The summed E-state index contributed by atoms with van der Waals surface area (Å²) in [5, 5.41) is 11.5. The van der Waals surface area contributed by atoms with E-state index < -0.39 is 17.3 Å². The maximum absolute atomic E-state index is 13.4. The van der Waals surface area contributed by atoms with Crippen LogP contribution in [0.25, 0.3) is 0 Å². The molecule has 0 aliphatic heterocycles. The molecule has 0 aromatic heterocycles. The third kappa shape index (κ3) is 2.68. The Hall–Kier alpha value is -1.58. The number of halogens is 1. The summed E-state index contributed by atoms with van der Waals surface area (Å²) in [5.74, 6) is -1.47. The van der Waals surface area contributed by atoms with Crippen molar-refractivity contribution in [2.75, 3.05) is 5.32 Å². The minimum absolute atomic E-state index is 0.202. The number of carbonyl (C=O) groups is 1. The van der Waals surface area contributed by atoms with Crippen LogP contribution in [0.2, 0.25) is 0 Å². The Morgan fingerprint density at radius 3 is 2.53 bits per heavy atom. The molecule has 1 aromatic rings. The predicted molar refractivity (Wildman–Crippen MR) is 56.5 cm³/mol. The van der Waals surface area contributed by atoms with Gasteiger partial charge in [-0.3, -0.25) is 0 Å². The fraction of sp³-hybridized carbons (Fsp3) is 0.364. The number of anilines is 1. The maximum Gasteiger partial charge on any atom is 0.328 e. The minimum atomic E-state index is -1.18. The van der Waals surface area contributed by atoms with Crippen molar-refractivity contribution in [3.05, 3.63) is 29.6 Å². The van der Waals surface area contributed by atoms with Crippen molar-refractivity contribution in [2.24, 2.45) is 0 Å². The fourth-order valence-electron chi connectivity index (χ4n) is 1.11. The van der Waals surface area contributed by atoms with Gasteiger partial charge in [0.15, 0.2) is 0 Å². The van der Waals surface area contributed by atoms with Gasteiger partial charge in [0.2, 0.25) is 0 Å². The van der Waals surface area contributed by atoms with Crippen molar-refractivity contribution in [3.8, 4) is 0 Å². The molecule has 0 radical (unpaired) electrons. The number of carboxylic acids is 1. The first-order chi connectivity index (χ1) is 6.83. The van der Waals surface area contributed by atoms with E-state index >= 15 is 0 Å². The van der Waals surface area contributed by atoms with Crippen LogP contribution in [-0.2, 0) is 4.79 Å². The topological polar surface area (TPSA) is 49.3 Å². The van der Waals surface area contributed by atoms with E-state index in [9.17, 15) is 9.18 Å². The first-order valence-electron chi connectivity index (χ1n) is 4.60. The quantitative estimate of drug-likeness (QED) is 0.807. The smallest absolute Gasteiger partial charge is 0.328 e. The molecule has 82 valence electrons. The fourth-order valence-corrected chi connectivity index (χ4v) is 1.11. The Labute approximate surface area is 87.9 Å². The standard InChI is InChI=1S/C11H14FNO2/c1-7-4-5-9(8(12)6-7)13-11(2,3)10(14)15/h4-6,13H,1-3H3,(H,14,15). The van der Waals surface area contributed by atoms with Crippen LogP contribution in [0, 0.1) is 12.7 Å². The highest BCUT2D eigenvalue weighted by atomic mass is 19.1. The van der Waals surface area contributed by atoms with Crippen molar-refractivity contribution in [1.29, 1.82) is 0 Å². The highest BCUT2D eigenvalue weighted by Crippen LogP contribution is 2.20. The lowest BCUT2D eigenvalue weighted by atomic mass is 10.1. The van der Waals surface area contributed by atoms with Gasteiger partial charge in [-0.25, -0.2) is 9.18 Å². The van der Waals surface area contributed by atoms with Gasteiger partial charge in [0.05, 0.1) is 5.69 Å². The summed E-state index contributed by atoms with van der Waals surface area (Å²) < 4.78 is 13.4. The Morgan fingerprint density at radius 2 is 2.07 bits per heavy atom. The number of carboxylic acid groups (broad SMARTS) is 1. The molecule has 15 heavy (non-hydrogen) atoms. The summed E-state index contributed by atoms with van der Waals surface area (Å²) >= 11 is 0. The second-order valence-corrected chi connectivity index (χ2v) is 4.04. The number of hydrogen-bond donors (Lipinski definition) is 2. The van der Waals surface area contributed by atoms with Crippen molar-refractivity contribution in [1.82, 2.24) is 0 Å². The molecule has 0 unspecified atom stereocenters. The van der Waals surface area contributed by atoms with E-state index in [1.54, 1.807) is 13.0 Å². The van der Waals surface area contributed by atoms with Crippen molar-refractivity contribution < 1.29 is 14.3 Å². The van der Waals surface area contributed by atoms with Crippen LogP contribution in [0.4, 0.5) is 10.1 Å². The highest BCUT2D eigenvalue weighted by Gasteiger charge is 2.27. The monoisotopic (exact) mass is 211 g/mol. The Morgan fingerprint density at radius 1 is 1.47 bits per heavy atom. The average Bonchev–Trinajstić information content (AvgIpc) is 2.09. The summed E-state index contributed by atoms with van der Waals surface area (Å²) in [6.45, 7) is 4.73. The normalized spacial score (nSPS) is 11.2. The van der Waals surface area contributed by atoms with Crippen LogP contribution in [0.3, 0.4) is 0 Å². The third-order valence-electron chi connectivity index (χ3n) is 2.11. The van der Waals surface area contributed by atoms with Crippen LogP contribution in [0.15, 0.2) is 18.2 Å². The van der Waals surface area contributed by atoms with E-state index in [1.165, 1.54) is 26.0 Å². The first-order valence-corrected chi connectivity index (χ1v) is 4.60. The zero-order valence-corrected chi connectivity index (χ0v) is 8.97. The van der Waals surface area contributed by atoms with Crippen LogP contribution in [0.1, 0.15) is 19.4 Å². The third-order valence-corrected chi connectivity index (χ3v) is 2.11. The molecule has 0 heterocycles. The summed E-state index contributed by atoms with van der Waals surface area (Å²) in [7, 11) is 0. The highest BCUT2D eigenvalue weighted by molar-refractivity contribution is 5.81. The maximum atomic E-state index is 13.4. The van der Waals surface area contributed by atoms with Gasteiger partial charge in [-0.2, -0.15) is 0 Å². The summed E-state index contributed by atoms with van der Waals surface area (Å²) in [6, 6.07) is 4.62. The van der Waals surface area contributed by atoms with Crippen LogP contribution < -0.4 is 5.32 Å². The number of hydrogen-bond acceptors (Lipinski definition) is 2. The molecule has 1 aromatic carbocycles. The molecule has 1 rings (SSSR count). The summed E-state index contributed by atoms with van der Waals surface area (Å²) in [4.78, 5) is 10.8. The average molecular weight is 211 g/mol. The number of nitrogens with one attached hydrogen (secondary N) is 1. The molecule has 0 saturated carbocycles. The molecule has 0 amide bonds. The van der Waals surface area contributed by atoms with Gasteiger partial charge >= 0.3 is 5.97 Å². The lowest BCUT2D eigenvalue weighted by Gasteiger charge is -2.22. The second kappa shape index (κ2) is 3.88. The molecule has 2 N–H and O–H groups in total. The van der Waals surface area contributed by atoms with Gasteiger partial charge in [-0.05, 0) is 38.5 Å². The molecule has 0 atom stereocenters. The van der Waals surface area contributed by atoms with Crippen LogP contribution in [-0.4, -0.2) is 16.6 Å². The van der Waals surface area contributed by atoms with Crippen LogP contribution in [0.5, 0.6) is 0 Å². The van der Waals surface area contributed by atoms with Crippen molar-refractivity contribution >= 4 is 11.7 Å². The van der Waals surface area contributed by atoms with E-state index in [0.29, 0.717) is 0 Å². The molecule has 0 aliphatic rings. The van der Waals surface area contributed by atoms with Crippen LogP contribution >= 0.6 is 0 Å². The van der Waals surface area contributed by atoms with E-state index in [0.717, 1.165) is 5.56 Å². The number of rotatable bonds is 3. The molecular weight excluding hydrogens is 197 g/mol. The molecule has 3 nitrogen and oxygen atoms in total. The van der Waals surface area contributed by atoms with Gasteiger partial charge in [0, 0.05) is 0 Å². The van der Waals surface area contributed by atoms with Gasteiger partial charge < -0.3 is 10.4 Å². The Kier molecular flexibility index (Phi) is 2.98. The summed E-state index contributed by atoms with van der Waals surface area (Å²) in [5.41, 5.74) is -0.185. The van der Waals surface area contributed by atoms with Crippen molar-refractivity contribution in [3.63, 3.8) is 0 Å². The number of aryl methyl sites for hydroxylation is 1. The molecule has 0 spiro atoms. The zero-order chi connectivity index (χ0) is 11.6. The van der Waals surface area contributed by atoms with Gasteiger partial charge in [0.25, 0.3) is 0 Å². The van der Waals surface area contributed by atoms with E-state index in [-0.39, 0.29) is 5.69 Å². The summed E-state index contributed by atoms with van der Waals surface area (Å²) in [6.07, 6.45) is 0.